The maximum atomic E-state index is 11.2. The third kappa shape index (κ3) is 3.79. The molecule has 0 aliphatic carbocycles. The molecule has 3 N–H and O–H groups in total. The molecule has 0 radical (unpaired) electrons. The molecule has 0 fully saturated rings. The number of carbonyl (C=O) groups is 1. The minimum atomic E-state index is -0.565. The Morgan fingerprint density at radius 1 is 1.48 bits per heavy atom. The Balaban J connectivity index is 1.81. The van der Waals surface area contributed by atoms with Gasteiger partial charge in [-0.2, -0.15) is 0 Å². The average molecular weight is 362 g/mol. The molecule has 3 rings (SSSR count). The maximum Gasteiger partial charge on any atom is 0.250 e. The molecule has 1 atom stereocenters. The van der Waals surface area contributed by atoms with Gasteiger partial charge in [-0.05, 0) is 32.0 Å². The van der Waals surface area contributed by atoms with Gasteiger partial charge in [0.25, 0.3) is 0 Å². The van der Waals surface area contributed by atoms with Crippen molar-refractivity contribution in [1.29, 1.82) is 0 Å². The SMILES string of the molecule is CCOc1cc2c(cc1CNc1ncc(C(N)=O)cc1Cl)OC(C)C2. The largest absolute Gasteiger partial charge is 0.494 e. The van der Waals surface area contributed by atoms with Gasteiger partial charge < -0.3 is 20.5 Å². The van der Waals surface area contributed by atoms with Crippen molar-refractivity contribution in [1.82, 2.24) is 4.98 Å². The van der Waals surface area contributed by atoms with Crippen LogP contribution < -0.4 is 20.5 Å². The fraction of sp³-hybridized carbons (Fsp3) is 0.333. The van der Waals surface area contributed by atoms with E-state index < -0.39 is 5.91 Å². The second kappa shape index (κ2) is 7.19. The lowest BCUT2D eigenvalue weighted by molar-refractivity contribution is 0.1000. The number of rotatable bonds is 6. The smallest absolute Gasteiger partial charge is 0.250 e. The molecule has 6 nitrogen and oxygen atoms in total. The van der Waals surface area contributed by atoms with E-state index in [4.69, 9.17) is 26.8 Å². The Kier molecular flexibility index (Phi) is 4.99. The number of nitrogens with zero attached hydrogens (tertiary/aromatic N) is 1. The van der Waals surface area contributed by atoms with Crippen molar-refractivity contribution in [2.24, 2.45) is 5.73 Å². The van der Waals surface area contributed by atoms with Crippen LogP contribution in [0.2, 0.25) is 5.02 Å². The highest BCUT2D eigenvalue weighted by Crippen LogP contribution is 2.35. The molecule has 1 unspecified atom stereocenters. The molecule has 25 heavy (non-hydrogen) atoms. The molecular weight excluding hydrogens is 342 g/mol. The van der Waals surface area contributed by atoms with E-state index in [1.807, 2.05) is 26.0 Å². The lowest BCUT2D eigenvalue weighted by Crippen LogP contribution is -2.12. The summed E-state index contributed by atoms with van der Waals surface area (Å²) in [6.45, 7) is 5.03. The van der Waals surface area contributed by atoms with Crippen molar-refractivity contribution in [2.45, 2.75) is 32.9 Å². The Bertz CT molecular complexity index is 810. The lowest BCUT2D eigenvalue weighted by atomic mass is 10.1. The molecule has 1 aliphatic rings. The number of anilines is 1. The maximum absolute atomic E-state index is 11.2. The number of carbonyl (C=O) groups excluding carboxylic acids is 1. The number of primary amides is 1. The van der Waals surface area contributed by atoms with Gasteiger partial charge >= 0.3 is 0 Å². The summed E-state index contributed by atoms with van der Waals surface area (Å²) in [5.74, 6) is 1.61. The molecule has 2 aromatic rings. The normalized spacial score (nSPS) is 15.4. The summed E-state index contributed by atoms with van der Waals surface area (Å²) in [4.78, 5) is 15.3. The summed E-state index contributed by atoms with van der Waals surface area (Å²) < 4.78 is 11.6. The summed E-state index contributed by atoms with van der Waals surface area (Å²) in [7, 11) is 0. The quantitative estimate of drug-likeness (QED) is 0.825. The molecule has 2 heterocycles. The molecule has 1 aromatic heterocycles. The number of aromatic nitrogens is 1. The van der Waals surface area contributed by atoms with E-state index >= 15 is 0 Å². The first-order valence-corrected chi connectivity index (χ1v) is 8.50. The number of ether oxygens (including phenoxy) is 2. The number of nitrogens with one attached hydrogen (secondary N) is 1. The van der Waals surface area contributed by atoms with Gasteiger partial charge in [-0.3, -0.25) is 4.79 Å². The zero-order chi connectivity index (χ0) is 18.0. The summed E-state index contributed by atoms with van der Waals surface area (Å²) in [6.07, 6.45) is 2.45. The summed E-state index contributed by atoms with van der Waals surface area (Å²) in [5.41, 5.74) is 7.60. The molecule has 132 valence electrons. The van der Waals surface area contributed by atoms with E-state index in [2.05, 4.69) is 10.3 Å². The van der Waals surface area contributed by atoms with E-state index in [1.165, 1.54) is 12.3 Å². The second-order valence-corrected chi connectivity index (χ2v) is 6.31. The van der Waals surface area contributed by atoms with Crippen LogP contribution in [0.1, 0.15) is 35.3 Å². The molecule has 0 bridgehead atoms. The number of hydrogen-bond acceptors (Lipinski definition) is 5. The van der Waals surface area contributed by atoms with Gasteiger partial charge in [-0.1, -0.05) is 11.6 Å². The first-order valence-electron chi connectivity index (χ1n) is 8.12. The predicted molar refractivity (Wildman–Crippen MR) is 96.5 cm³/mol. The van der Waals surface area contributed by atoms with E-state index in [-0.39, 0.29) is 11.7 Å². The second-order valence-electron chi connectivity index (χ2n) is 5.91. The molecule has 1 amide bonds. The van der Waals surface area contributed by atoms with Crippen LogP contribution in [0.4, 0.5) is 5.82 Å². The van der Waals surface area contributed by atoms with E-state index in [9.17, 15) is 4.79 Å². The monoisotopic (exact) mass is 361 g/mol. The van der Waals surface area contributed by atoms with Gasteiger partial charge in [0.05, 0.1) is 17.2 Å². The number of hydrogen-bond donors (Lipinski definition) is 2. The summed E-state index contributed by atoms with van der Waals surface area (Å²) in [5, 5.41) is 3.50. The van der Waals surface area contributed by atoms with E-state index in [1.54, 1.807) is 0 Å². The third-order valence-electron chi connectivity index (χ3n) is 3.95. The molecule has 0 saturated carbocycles. The van der Waals surface area contributed by atoms with Crippen LogP contribution >= 0.6 is 11.6 Å². The Labute approximate surface area is 151 Å². The average Bonchev–Trinajstić information content (AvgIpc) is 2.92. The molecule has 0 spiro atoms. The molecule has 0 saturated heterocycles. The molecule has 7 heteroatoms. The summed E-state index contributed by atoms with van der Waals surface area (Å²) >= 11 is 6.16. The van der Waals surface area contributed by atoms with Crippen LogP contribution in [0.3, 0.4) is 0 Å². The van der Waals surface area contributed by atoms with Gasteiger partial charge in [0, 0.05) is 30.3 Å². The zero-order valence-electron chi connectivity index (χ0n) is 14.1. The summed E-state index contributed by atoms with van der Waals surface area (Å²) in [6, 6.07) is 5.52. The van der Waals surface area contributed by atoms with Gasteiger partial charge in [0.2, 0.25) is 5.91 Å². The van der Waals surface area contributed by atoms with Crippen LogP contribution in [0, 0.1) is 0 Å². The number of halogens is 1. The molecular formula is C18H20ClN3O3. The lowest BCUT2D eigenvalue weighted by Gasteiger charge is -2.14. The van der Waals surface area contributed by atoms with Crippen molar-refractivity contribution in [2.75, 3.05) is 11.9 Å². The number of pyridine rings is 1. The first kappa shape index (κ1) is 17.4. The van der Waals surface area contributed by atoms with Crippen LogP contribution in [0.5, 0.6) is 11.5 Å². The number of amides is 1. The third-order valence-corrected chi connectivity index (χ3v) is 4.24. The Morgan fingerprint density at radius 3 is 2.96 bits per heavy atom. The Hall–Kier alpha value is -2.47. The number of nitrogens with two attached hydrogens (primary N) is 1. The van der Waals surface area contributed by atoms with Crippen molar-refractivity contribution in [3.8, 4) is 11.5 Å². The number of benzene rings is 1. The van der Waals surface area contributed by atoms with Gasteiger partial charge in [-0.25, -0.2) is 4.98 Å². The molecule has 1 aliphatic heterocycles. The van der Waals surface area contributed by atoms with Gasteiger partial charge in [0.1, 0.15) is 23.4 Å². The van der Waals surface area contributed by atoms with Gasteiger partial charge in [-0.15, -0.1) is 0 Å². The number of fused-ring (bicyclic) bond motifs is 1. The topological polar surface area (TPSA) is 86.5 Å². The highest BCUT2D eigenvalue weighted by atomic mass is 35.5. The standard InChI is InChI=1S/C18H20ClN3O3/c1-3-24-15-6-11-4-10(2)25-16(11)7-12(15)8-21-18-14(19)5-13(9-22-18)17(20)23/h5-7,9-10H,3-4,8H2,1-2H3,(H2,20,23)(H,21,22). The Morgan fingerprint density at radius 2 is 2.28 bits per heavy atom. The minimum Gasteiger partial charge on any atom is -0.494 e. The van der Waals surface area contributed by atoms with Crippen molar-refractivity contribution < 1.29 is 14.3 Å². The van der Waals surface area contributed by atoms with Crippen LogP contribution in [0.15, 0.2) is 24.4 Å². The van der Waals surface area contributed by atoms with Crippen LogP contribution in [0.25, 0.3) is 0 Å². The minimum absolute atomic E-state index is 0.171. The van der Waals surface area contributed by atoms with Gasteiger partial charge in [0.15, 0.2) is 0 Å². The van der Waals surface area contributed by atoms with E-state index in [0.717, 1.165) is 29.0 Å². The predicted octanol–water partition coefficient (Wildman–Crippen LogP) is 3.17. The molecule has 1 aromatic carbocycles. The zero-order valence-corrected chi connectivity index (χ0v) is 14.9. The van der Waals surface area contributed by atoms with Crippen LogP contribution in [-0.2, 0) is 13.0 Å². The van der Waals surface area contributed by atoms with Crippen LogP contribution in [-0.4, -0.2) is 23.6 Å². The highest BCUT2D eigenvalue weighted by molar-refractivity contribution is 6.33. The first-order chi connectivity index (χ1) is 12.0. The highest BCUT2D eigenvalue weighted by Gasteiger charge is 2.22. The fourth-order valence-electron chi connectivity index (χ4n) is 2.79. The van der Waals surface area contributed by atoms with Crippen molar-refractivity contribution >= 4 is 23.3 Å². The fourth-order valence-corrected chi connectivity index (χ4v) is 3.02. The van der Waals surface area contributed by atoms with E-state index in [0.29, 0.717) is 24.0 Å². The van der Waals surface area contributed by atoms with Crippen molar-refractivity contribution in [3.05, 3.63) is 46.1 Å². The van der Waals surface area contributed by atoms with Crippen molar-refractivity contribution in [3.63, 3.8) is 0 Å².